The summed E-state index contributed by atoms with van der Waals surface area (Å²) in [6.45, 7) is 1.21. The van der Waals surface area contributed by atoms with E-state index < -0.39 is 27.9 Å². The van der Waals surface area contributed by atoms with Crippen LogP contribution in [0, 0.1) is 0 Å². The molecule has 4 rings (SSSR count). The number of rotatable bonds is 7. The van der Waals surface area contributed by atoms with Gasteiger partial charge in [0.15, 0.2) is 0 Å². The minimum Gasteiger partial charge on any atom is -0.326 e. The van der Waals surface area contributed by atoms with Gasteiger partial charge in [-0.1, -0.05) is 24.3 Å². The maximum absolute atomic E-state index is 13.7. The first-order chi connectivity index (χ1) is 16.3. The number of hydrogen-bond acceptors (Lipinski definition) is 6. The second-order valence-corrected chi connectivity index (χ2v) is 9.63. The zero-order valence-corrected chi connectivity index (χ0v) is 19.1. The molecule has 1 aliphatic heterocycles. The molecule has 1 aliphatic rings. The molecule has 1 atom stereocenters. The number of sulfonamides is 1. The molecule has 2 aromatic carbocycles. The quantitative estimate of drug-likeness (QED) is 0.522. The Morgan fingerprint density at radius 3 is 2.38 bits per heavy atom. The Morgan fingerprint density at radius 1 is 1.06 bits per heavy atom. The number of aromatic nitrogens is 1. The smallest absolute Gasteiger partial charge is 0.252 e. The Bertz CT molecular complexity index is 1310. The van der Waals surface area contributed by atoms with Crippen molar-refractivity contribution in [3.8, 4) is 0 Å². The molecule has 3 amide bonds. The highest BCUT2D eigenvalue weighted by Crippen LogP contribution is 2.30. The van der Waals surface area contributed by atoms with Crippen LogP contribution in [0.15, 0.2) is 84.0 Å². The molecule has 1 aromatic heterocycles. The summed E-state index contributed by atoms with van der Waals surface area (Å²) in [5.41, 5.74) is 1.39. The summed E-state index contributed by atoms with van der Waals surface area (Å²) in [5, 5.41) is 2.58. The number of anilines is 2. The Morgan fingerprint density at radius 2 is 1.76 bits per heavy atom. The van der Waals surface area contributed by atoms with E-state index in [1.54, 1.807) is 48.7 Å². The van der Waals surface area contributed by atoms with Crippen LogP contribution in [-0.4, -0.2) is 41.5 Å². The molecule has 0 spiro atoms. The van der Waals surface area contributed by atoms with Gasteiger partial charge in [-0.15, -0.1) is 0 Å². The summed E-state index contributed by atoms with van der Waals surface area (Å²) >= 11 is 0. The van der Waals surface area contributed by atoms with Crippen LogP contribution < -0.4 is 10.2 Å². The summed E-state index contributed by atoms with van der Waals surface area (Å²) in [4.78, 5) is 42.4. The van der Waals surface area contributed by atoms with E-state index in [1.807, 2.05) is 0 Å². The van der Waals surface area contributed by atoms with Gasteiger partial charge in [-0.3, -0.25) is 19.4 Å². The maximum atomic E-state index is 13.7. The van der Waals surface area contributed by atoms with E-state index >= 15 is 0 Å². The molecule has 10 heteroatoms. The van der Waals surface area contributed by atoms with Crippen LogP contribution in [0.3, 0.4) is 0 Å². The van der Waals surface area contributed by atoms with Gasteiger partial charge in [0.05, 0.1) is 17.0 Å². The Hall–Kier alpha value is -3.89. The average molecular weight is 479 g/mol. The van der Waals surface area contributed by atoms with E-state index in [0.717, 1.165) is 9.21 Å². The molecule has 1 saturated heterocycles. The second kappa shape index (κ2) is 9.54. The van der Waals surface area contributed by atoms with Gasteiger partial charge < -0.3 is 5.32 Å². The van der Waals surface area contributed by atoms with Gasteiger partial charge in [0.25, 0.3) is 5.91 Å². The van der Waals surface area contributed by atoms with Crippen molar-refractivity contribution in [2.24, 2.45) is 0 Å². The number of carbonyl (C=O) groups excluding carboxylic acids is 3. The standard InChI is InChI=1S/C24H22N4O5S/c1-17(29)26-19-9-11-21(12-10-19)34(32,33)27(16-18-6-5-13-25-15-18)22-14-23(30)28(24(22)31)20-7-3-2-4-8-20/h2-13,15,22H,14,16H2,1H3,(H,26,29). The Labute approximate surface area is 197 Å². The number of nitrogens with zero attached hydrogens (tertiary/aromatic N) is 3. The van der Waals surface area contributed by atoms with Gasteiger partial charge in [-0.2, -0.15) is 4.31 Å². The summed E-state index contributed by atoms with van der Waals surface area (Å²) in [5.74, 6) is -1.38. The number of pyridine rings is 1. The summed E-state index contributed by atoms with van der Waals surface area (Å²) < 4.78 is 28.4. The number of hydrogen-bond donors (Lipinski definition) is 1. The van der Waals surface area contributed by atoms with Crippen molar-refractivity contribution in [3.05, 3.63) is 84.7 Å². The van der Waals surface area contributed by atoms with E-state index in [-0.39, 0.29) is 23.8 Å². The number of carbonyl (C=O) groups is 3. The topological polar surface area (TPSA) is 117 Å². The monoisotopic (exact) mass is 478 g/mol. The van der Waals surface area contributed by atoms with Crippen LogP contribution in [0.1, 0.15) is 18.9 Å². The van der Waals surface area contributed by atoms with Crippen molar-refractivity contribution in [2.45, 2.75) is 30.8 Å². The van der Waals surface area contributed by atoms with Crippen molar-refractivity contribution in [1.82, 2.24) is 9.29 Å². The Kier molecular flexibility index (Phi) is 6.53. The summed E-state index contributed by atoms with van der Waals surface area (Å²) in [6.07, 6.45) is 2.79. The minimum absolute atomic E-state index is 0.0658. The SMILES string of the molecule is CC(=O)Nc1ccc(S(=O)(=O)N(Cc2cccnc2)C2CC(=O)N(c3ccccc3)C2=O)cc1. The zero-order chi connectivity index (χ0) is 24.3. The first kappa shape index (κ1) is 23.3. The van der Waals surface area contributed by atoms with Gasteiger partial charge in [0.1, 0.15) is 6.04 Å². The molecule has 0 radical (unpaired) electrons. The van der Waals surface area contributed by atoms with Crippen molar-refractivity contribution in [2.75, 3.05) is 10.2 Å². The fourth-order valence-electron chi connectivity index (χ4n) is 3.77. The molecule has 1 N–H and O–H groups in total. The first-order valence-electron chi connectivity index (χ1n) is 10.5. The highest BCUT2D eigenvalue weighted by atomic mass is 32.2. The van der Waals surface area contributed by atoms with E-state index in [1.165, 1.54) is 37.4 Å². The molecule has 174 valence electrons. The van der Waals surface area contributed by atoms with Gasteiger partial charge in [0.2, 0.25) is 21.8 Å². The molecule has 2 heterocycles. The van der Waals surface area contributed by atoms with E-state index in [9.17, 15) is 22.8 Å². The van der Waals surface area contributed by atoms with Gasteiger partial charge in [-0.25, -0.2) is 13.3 Å². The highest BCUT2D eigenvalue weighted by molar-refractivity contribution is 7.89. The maximum Gasteiger partial charge on any atom is 0.252 e. The molecular weight excluding hydrogens is 456 g/mol. The fraction of sp³-hybridized carbons (Fsp3) is 0.167. The lowest BCUT2D eigenvalue weighted by Crippen LogP contribution is -2.45. The molecule has 0 saturated carbocycles. The number of para-hydroxylation sites is 1. The first-order valence-corrected chi connectivity index (χ1v) is 11.9. The van der Waals surface area contributed by atoms with E-state index in [2.05, 4.69) is 10.3 Å². The van der Waals surface area contributed by atoms with E-state index in [4.69, 9.17) is 0 Å². The van der Waals surface area contributed by atoms with Crippen LogP contribution >= 0.6 is 0 Å². The van der Waals surface area contributed by atoms with Gasteiger partial charge in [0, 0.05) is 31.5 Å². The predicted octanol–water partition coefficient (Wildman–Crippen LogP) is 2.56. The summed E-state index contributed by atoms with van der Waals surface area (Å²) in [6, 6.07) is 16.2. The van der Waals surface area contributed by atoms with Crippen molar-refractivity contribution >= 4 is 39.1 Å². The molecule has 1 fully saturated rings. The number of nitrogens with one attached hydrogen (secondary N) is 1. The molecule has 0 bridgehead atoms. The lowest BCUT2D eigenvalue weighted by Gasteiger charge is -2.27. The molecule has 3 aromatic rings. The van der Waals surface area contributed by atoms with Crippen molar-refractivity contribution < 1.29 is 22.8 Å². The zero-order valence-electron chi connectivity index (χ0n) is 18.3. The fourth-order valence-corrected chi connectivity index (χ4v) is 5.34. The van der Waals surface area contributed by atoms with Gasteiger partial charge in [-0.05, 0) is 48.0 Å². The van der Waals surface area contributed by atoms with Crippen molar-refractivity contribution in [1.29, 1.82) is 0 Å². The normalized spacial score (nSPS) is 16.2. The second-order valence-electron chi connectivity index (χ2n) is 7.74. The van der Waals surface area contributed by atoms with Crippen LogP contribution in [0.2, 0.25) is 0 Å². The molecule has 1 unspecified atom stereocenters. The number of amides is 3. The van der Waals surface area contributed by atoms with Crippen LogP contribution in [0.4, 0.5) is 11.4 Å². The largest absolute Gasteiger partial charge is 0.326 e. The third kappa shape index (κ3) is 4.73. The van der Waals surface area contributed by atoms with Crippen molar-refractivity contribution in [3.63, 3.8) is 0 Å². The lowest BCUT2D eigenvalue weighted by molar-refractivity contribution is -0.122. The van der Waals surface area contributed by atoms with Crippen LogP contribution in [-0.2, 0) is 31.0 Å². The molecule has 9 nitrogen and oxygen atoms in total. The third-order valence-corrected chi connectivity index (χ3v) is 7.20. The van der Waals surface area contributed by atoms with Gasteiger partial charge >= 0.3 is 0 Å². The number of benzene rings is 2. The number of imide groups is 1. The Balaban J connectivity index is 1.72. The summed E-state index contributed by atoms with van der Waals surface area (Å²) in [7, 11) is -4.20. The predicted molar refractivity (Wildman–Crippen MR) is 125 cm³/mol. The third-order valence-electron chi connectivity index (χ3n) is 5.33. The molecule has 0 aliphatic carbocycles. The average Bonchev–Trinajstić information content (AvgIpc) is 3.12. The minimum atomic E-state index is -4.20. The lowest BCUT2D eigenvalue weighted by atomic mass is 10.2. The molecular formula is C24H22N4O5S. The van der Waals surface area contributed by atoms with Crippen LogP contribution in [0.5, 0.6) is 0 Å². The van der Waals surface area contributed by atoms with E-state index in [0.29, 0.717) is 16.9 Å². The van der Waals surface area contributed by atoms with Crippen LogP contribution in [0.25, 0.3) is 0 Å². The molecule has 34 heavy (non-hydrogen) atoms. The highest BCUT2D eigenvalue weighted by Gasteiger charge is 2.47.